The molecule has 2 fully saturated rings. The number of ether oxygens (including phenoxy) is 3. The third-order valence-electron chi connectivity index (χ3n) is 6.11. The highest BCUT2D eigenvalue weighted by molar-refractivity contribution is 6.08. The van der Waals surface area contributed by atoms with Gasteiger partial charge in [-0.15, -0.1) is 0 Å². The fraction of sp³-hybridized carbons (Fsp3) is 0.440. The van der Waals surface area contributed by atoms with Gasteiger partial charge in [0.05, 0.1) is 31.5 Å². The fourth-order valence-electron chi connectivity index (χ4n) is 4.32. The zero-order valence-electron chi connectivity index (χ0n) is 19.2. The van der Waals surface area contributed by atoms with Crippen molar-refractivity contribution in [1.82, 2.24) is 5.32 Å². The molecular weight excluding hydrogens is 422 g/mol. The van der Waals surface area contributed by atoms with Crippen LogP contribution in [0.1, 0.15) is 46.4 Å². The van der Waals surface area contributed by atoms with E-state index in [4.69, 9.17) is 14.2 Å². The predicted octanol–water partition coefficient (Wildman–Crippen LogP) is 3.47. The zero-order chi connectivity index (χ0) is 23.2. The number of carbonyl (C=O) groups is 2. The van der Waals surface area contributed by atoms with Crippen molar-refractivity contribution in [2.45, 2.75) is 31.8 Å². The number of rotatable bonds is 8. The lowest BCUT2D eigenvalue weighted by molar-refractivity contribution is 0.0858. The summed E-state index contributed by atoms with van der Waals surface area (Å²) in [6.07, 6.45) is 4.25. The molecule has 2 N–H and O–H groups in total. The first-order chi connectivity index (χ1) is 16.1. The molecule has 0 aromatic heterocycles. The summed E-state index contributed by atoms with van der Waals surface area (Å²) < 4.78 is 16.2. The first-order valence-electron chi connectivity index (χ1n) is 11.4. The Morgan fingerprint density at radius 3 is 2.52 bits per heavy atom. The number of methoxy groups -OCH3 is 2. The minimum Gasteiger partial charge on any atom is -0.497 e. The predicted molar refractivity (Wildman–Crippen MR) is 127 cm³/mol. The quantitative estimate of drug-likeness (QED) is 0.636. The van der Waals surface area contributed by atoms with Crippen molar-refractivity contribution >= 4 is 23.2 Å². The maximum atomic E-state index is 13.1. The largest absolute Gasteiger partial charge is 0.497 e. The Hall–Kier alpha value is -3.26. The highest BCUT2D eigenvalue weighted by Crippen LogP contribution is 2.29. The van der Waals surface area contributed by atoms with Crippen LogP contribution < -0.4 is 25.0 Å². The summed E-state index contributed by atoms with van der Waals surface area (Å²) in [5, 5.41) is 5.91. The average Bonchev–Trinajstić information content (AvgIpc) is 3.56. The molecule has 2 saturated heterocycles. The standard InChI is InChI=1S/C25H31N3O5/c1-31-18-8-9-20(23(15-18)32-2)25(30)27-17-7-10-22(28-11-3-4-12-28)21(14-17)24(29)26-16-19-6-5-13-33-19/h7-10,14-15,19H,3-6,11-13,16H2,1-2H3,(H,26,29)(H,27,30). The third kappa shape index (κ3) is 5.39. The molecule has 33 heavy (non-hydrogen) atoms. The Balaban J connectivity index is 1.55. The van der Waals surface area contributed by atoms with Crippen LogP contribution in [-0.4, -0.2) is 58.4 Å². The summed E-state index contributed by atoms with van der Waals surface area (Å²) in [4.78, 5) is 28.3. The van der Waals surface area contributed by atoms with Crippen molar-refractivity contribution in [1.29, 1.82) is 0 Å². The Morgan fingerprint density at radius 2 is 1.82 bits per heavy atom. The van der Waals surface area contributed by atoms with E-state index in [1.54, 1.807) is 31.4 Å². The van der Waals surface area contributed by atoms with Gasteiger partial charge < -0.3 is 29.7 Å². The molecule has 4 rings (SSSR count). The molecule has 2 aromatic rings. The number of nitrogens with one attached hydrogen (secondary N) is 2. The summed E-state index contributed by atoms with van der Waals surface area (Å²) in [5.41, 5.74) is 2.36. The minimum absolute atomic E-state index is 0.0645. The van der Waals surface area contributed by atoms with Gasteiger partial charge in [-0.05, 0) is 56.0 Å². The van der Waals surface area contributed by atoms with Crippen molar-refractivity contribution in [2.24, 2.45) is 0 Å². The first kappa shape index (κ1) is 22.9. The summed E-state index contributed by atoms with van der Waals surface area (Å²) in [6.45, 7) is 3.06. The SMILES string of the molecule is COc1ccc(C(=O)Nc2ccc(N3CCCC3)c(C(=O)NCC3CCCO3)c2)c(OC)c1. The Kier molecular flexibility index (Phi) is 7.34. The first-order valence-corrected chi connectivity index (χ1v) is 11.4. The van der Waals surface area contributed by atoms with Gasteiger partial charge >= 0.3 is 0 Å². The van der Waals surface area contributed by atoms with Gasteiger partial charge in [-0.3, -0.25) is 9.59 Å². The van der Waals surface area contributed by atoms with Gasteiger partial charge in [-0.25, -0.2) is 0 Å². The van der Waals surface area contributed by atoms with Crippen molar-refractivity contribution in [3.8, 4) is 11.5 Å². The molecule has 0 radical (unpaired) electrons. The number of hydrogen-bond donors (Lipinski definition) is 2. The second-order valence-corrected chi connectivity index (χ2v) is 8.29. The molecule has 0 spiro atoms. The van der Waals surface area contributed by atoms with Crippen molar-refractivity contribution in [2.75, 3.05) is 50.7 Å². The van der Waals surface area contributed by atoms with Gasteiger partial charge in [0.15, 0.2) is 0 Å². The van der Waals surface area contributed by atoms with Gasteiger partial charge in [0.1, 0.15) is 11.5 Å². The van der Waals surface area contributed by atoms with E-state index in [0.717, 1.165) is 51.1 Å². The molecule has 176 valence electrons. The number of carbonyl (C=O) groups excluding carboxylic acids is 2. The molecule has 8 nitrogen and oxygen atoms in total. The van der Waals surface area contributed by atoms with E-state index in [-0.39, 0.29) is 17.9 Å². The fourth-order valence-corrected chi connectivity index (χ4v) is 4.32. The van der Waals surface area contributed by atoms with Crippen LogP contribution in [0.4, 0.5) is 11.4 Å². The smallest absolute Gasteiger partial charge is 0.259 e. The second-order valence-electron chi connectivity index (χ2n) is 8.29. The molecule has 2 aliphatic rings. The van der Waals surface area contributed by atoms with Gasteiger partial charge in [0, 0.05) is 43.7 Å². The second kappa shape index (κ2) is 10.6. The summed E-state index contributed by atoms with van der Waals surface area (Å²) >= 11 is 0. The molecule has 2 aliphatic heterocycles. The molecule has 0 saturated carbocycles. The van der Waals surface area contributed by atoms with Crippen LogP contribution in [0.5, 0.6) is 11.5 Å². The molecule has 1 unspecified atom stereocenters. The topological polar surface area (TPSA) is 89.1 Å². The lowest BCUT2D eigenvalue weighted by atomic mass is 10.1. The van der Waals surface area contributed by atoms with E-state index >= 15 is 0 Å². The van der Waals surface area contributed by atoms with E-state index in [1.807, 2.05) is 12.1 Å². The lowest BCUT2D eigenvalue weighted by Gasteiger charge is -2.22. The lowest BCUT2D eigenvalue weighted by Crippen LogP contribution is -2.33. The maximum Gasteiger partial charge on any atom is 0.259 e. The van der Waals surface area contributed by atoms with Gasteiger partial charge in [0.25, 0.3) is 11.8 Å². The van der Waals surface area contributed by atoms with Crippen LogP contribution in [-0.2, 0) is 4.74 Å². The molecule has 2 heterocycles. The van der Waals surface area contributed by atoms with Crippen LogP contribution >= 0.6 is 0 Å². The van der Waals surface area contributed by atoms with Crippen LogP contribution in [0.25, 0.3) is 0 Å². The monoisotopic (exact) mass is 453 g/mol. The normalized spacial score (nSPS) is 17.6. The molecule has 2 amide bonds. The van der Waals surface area contributed by atoms with Crippen molar-refractivity contribution in [3.63, 3.8) is 0 Å². The van der Waals surface area contributed by atoms with E-state index < -0.39 is 0 Å². The number of hydrogen-bond acceptors (Lipinski definition) is 6. The van der Waals surface area contributed by atoms with E-state index in [9.17, 15) is 9.59 Å². The molecule has 8 heteroatoms. The number of nitrogens with zero attached hydrogens (tertiary/aromatic N) is 1. The van der Waals surface area contributed by atoms with Crippen LogP contribution in [0.3, 0.4) is 0 Å². The molecule has 0 bridgehead atoms. The Morgan fingerprint density at radius 1 is 1.00 bits per heavy atom. The molecule has 2 aromatic carbocycles. The van der Waals surface area contributed by atoms with Crippen molar-refractivity contribution < 1.29 is 23.8 Å². The van der Waals surface area contributed by atoms with E-state index in [2.05, 4.69) is 15.5 Å². The maximum absolute atomic E-state index is 13.1. The number of benzene rings is 2. The van der Waals surface area contributed by atoms with E-state index in [0.29, 0.717) is 34.9 Å². The summed E-state index contributed by atoms with van der Waals surface area (Å²) in [7, 11) is 3.06. The molecular formula is C25H31N3O5. The van der Waals surface area contributed by atoms with Crippen LogP contribution in [0.2, 0.25) is 0 Å². The van der Waals surface area contributed by atoms with Crippen LogP contribution in [0.15, 0.2) is 36.4 Å². The van der Waals surface area contributed by atoms with Crippen molar-refractivity contribution in [3.05, 3.63) is 47.5 Å². The van der Waals surface area contributed by atoms with Gasteiger partial charge in [0.2, 0.25) is 0 Å². The Bertz CT molecular complexity index is 998. The van der Waals surface area contributed by atoms with Gasteiger partial charge in [-0.2, -0.15) is 0 Å². The summed E-state index contributed by atoms with van der Waals surface area (Å²) in [6, 6.07) is 10.5. The molecule has 1 atom stereocenters. The molecule has 0 aliphatic carbocycles. The highest BCUT2D eigenvalue weighted by Gasteiger charge is 2.23. The average molecular weight is 454 g/mol. The highest BCUT2D eigenvalue weighted by atomic mass is 16.5. The number of anilines is 2. The zero-order valence-corrected chi connectivity index (χ0v) is 19.2. The van der Waals surface area contributed by atoms with Crippen LogP contribution in [0, 0.1) is 0 Å². The van der Waals surface area contributed by atoms with E-state index in [1.165, 1.54) is 7.11 Å². The minimum atomic E-state index is -0.325. The summed E-state index contributed by atoms with van der Waals surface area (Å²) in [5.74, 6) is 0.526. The number of amides is 2. The third-order valence-corrected chi connectivity index (χ3v) is 6.11. The van der Waals surface area contributed by atoms with Gasteiger partial charge in [-0.1, -0.05) is 0 Å². The Labute approximate surface area is 194 Å².